The van der Waals surface area contributed by atoms with Gasteiger partial charge < -0.3 is 18.8 Å². The fourth-order valence-corrected chi connectivity index (χ4v) is 3.06. The molecule has 1 saturated heterocycles. The smallest absolute Gasteiger partial charge is 0.293 e. The summed E-state index contributed by atoms with van der Waals surface area (Å²) in [6.07, 6.45) is 5.45. The number of ether oxygens (including phenoxy) is 1. The SMILES string of the molecule is CN(C[C@H]1CN(Cc2cccn2C)CCO1)c1nccn(C)c1=O. The Bertz CT molecular complexity index is 739. The van der Waals surface area contributed by atoms with Crippen molar-refractivity contribution in [2.45, 2.75) is 12.6 Å². The molecule has 130 valence electrons. The Labute approximate surface area is 142 Å². The van der Waals surface area contributed by atoms with Crippen LogP contribution in [0.5, 0.6) is 0 Å². The summed E-state index contributed by atoms with van der Waals surface area (Å²) in [7, 11) is 5.70. The van der Waals surface area contributed by atoms with Crippen molar-refractivity contribution < 1.29 is 4.74 Å². The lowest BCUT2D eigenvalue weighted by Gasteiger charge is -2.35. The van der Waals surface area contributed by atoms with Crippen molar-refractivity contribution >= 4 is 5.82 Å². The molecular formula is C17H25N5O2. The average molecular weight is 331 g/mol. The molecule has 0 N–H and O–H groups in total. The molecule has 0 amide bonds. The molecule has 1 aliphatic rings. The van der Waals surface area contributed by atoms with E-state index in [0.29, 0.717) is 19.0 Å². The normalized spacial score (nSPS) is 18.7. The van der Waals surface area contributed by atoms with Crippen molar-refractivity contribution in [3.8, 4) is 0 Å². The van der Waals surface area contributed by atoms with Crippen LogP contribution in [0.15, 0.2) is 35.5 Å². The highest BCUT2D eigenvalue weighted by molar-refractivity contribution is 5.34. The Balaban J connectivity index is 1.62. The summed E-state index contributed by atoms with van der Waals surface area (Å²) in [5.74, 6) is 0.461. The van der Waals surface area contributed by atoms with Crippen LogP contribution >= 0.6 is 0 Å². The second-order valence-corrected chi connectivity index (χ2v) is 6.39. The maximum atomic E-state index is 12.2. The molecule has 2 aromatic heterocycles. The quantitative estimate of drug-likeness (QED) is 0.797. The summed E-state index contributed by atoms with van der Waals surface area (Å²) in [6.45, 7) is 4.05. The van der Waals surface area contributed by atoms with E-state index in [1.807, 2.05) is 11.9 Å². The molecule has 0 aromatic carbocycles. The maximum absolute atomic E-state index is 12.2. The second-order valence-electron chi connectivity index (χ2n) is 6.39. The third-order valence-electron chi connectivity index (χ3n) is 4.50. The summed E-state index contributed by atoms with van der Waals surface area (Å²) >= 11 is 0. The predicted octanol–water partition coefficient (Wildman–Crippen LogP) is 0.456. The van der Waals surface area contributed by atoms with Gasteiger partial charge in [-0.2, -0.15) is 0 Å². The summed E-state index contributed by atoms with van der Waals surface area (Å²) in [4.78, 5) is 20.7. The van der Waals surface area contributed by atoms with Gasteiger partial charge in [0.25, 0.3) is 5.56 Å². The van der Waals surface area contributed by atoms with Gasteiger partial charge in [0.1, 0.15) is 0 Å². The molecule has 0 bridgehead atoms. The van der Waals surface area contributed by atoms with Crippen LogP contribution < -0.4 is 10.5 Å². The van der Waals surface area contributed by atoms with Crippen LogP contribution in [0.2, 0.25) is 0 Å². The first-order chi connectivity index (χ1) is 11.5. The fourth-order valence-electron chi connectivity index (χ4n) is 3.06. The topological polar surface area (TPSA) is 55.5 Å². The number of hydrogen-bond acceptors (Lipinski definition) is 5. The molecule has 0 spiro atoms. The van der Waals surface area contributed by atoms with E-state index in [4.69, 9.17) is 4.74 Å². The van der Waals surface area contributed by atoms with Gasteiger partial charge in [0.2, 0.25) is 0 Å². The monoisotopic (exact) mass is 331 g/mol. The maximum Gasteiger partial charge on any atom is 0.293 e. The molecule has 3 heterocycles. The van der Waals surface area contributed by atoms with E-state index >= 15 is 0 Å². The zero-order chi connectivity index (χ0) is 17.1. The van der Waals surface area contributed by atoms with Gasteiger partial charge in [-0.15, -0.1) is 0 Å². The molecule has 0 unspecified atom stereocenters. The van der Waals surface area contributed by atoms with Gasteiger partial charge in [0.05, 0.1) is 12.7 Å². The number of anilines is 1. The number of aryl methyl sites for hydroxylation is 2. The van der Waals surface area contributed by atoms with Gasteiger partial charge in [-0.05, 0) is 12.1 Å². The van der Waals surface area contributed by atoms with Crippen LogP contribution in [0.1, 0.15) is 5.69 Å². The zero-order valence-corrected chi connectivity index (χ0v) is 14.6. The molecule has 2 aromatic rings. The van der Waals surface area contributed by atoms with Crippen molar-refractivity contribution in [3.05, 3.63) is 46.8 Å². The first kappa shape index (κ1) is 16.7. The summed E-state index contributed by atoms with van der Waals surface area (Å²) in [6, 6.07) is 4.21. The van der Waals surface area contributed by atoms with Crippen molar-refractivity contribution in [1.29, 1.82) is 0 Å². The van der Waals surface area contributed by atoms with Crippen LogP contribution in [0, 0.1) is 0 Å². The highest BCUT2D eigenvalue weighted by Crippen LogP contribution is 2.12. The van der Waals surface area contributed by atoms with Crippen molar-refractivity contribution in [3.63, 3.8) is 0 Å². The third-order valence-corrected chi connectivity index (χ3v) is 4.50. The lowest BCUT2D eigenvalue weighted by molar-refractivity contribution is -0.0271. The van der Waals surface area contributed by atoms with Crippen LogP contribution in [0.25, 0.3) is 0 Å². The molecule has 7 heteroatoms. The Morgan fingerprint density at radius 1 is 1.33 bits per heavy atom. The van der Waals surface area contributed by atoms with E-state index in [1.165, 1.54) is 5.69 Å². The first-order valence-corrected chi connectivity index (χ1v) is 8.21. The number of nitrogens with zero attached hydrogens (tertiary/aromatic N) is 5. The van der Waals surface area contributed by atoms with E-state index in [1.54, 1.807) is 24.0 Å². The van der Waals surface area contributed by atoms with Gasteiger partial charge in [-0.1, -0.05) is 0 Å². The Kier molecular flexibility index (Phi) is 5.01. The van der Waals surface area contributed by atoms with Crippen LogP contribution in [0.4, 0.5) is 5.82 Å². The van der Waals surface area contributed by atoms with E-state index in [0.717, 1.165) is 19.6 Å². The number of likely N-dealkylation sites (N-methyl/N-ethyl adjacent to an activating group) is 1. The highest BCUT2D eigenvalue weighted by Gasteiger charge is 2.23. The minimum atomic E-state index is -0.0866. The van der Waals surface area contributed by atoms with Gasteiger partial charge in [-0.3, -0.25) is 9.69 Å². The van der Waals surface area contributed by atoms with Gasteiger partial charge in [0.15, 0.2) is 5.82 Å². The second kappa shape index (κ2) is 7.19. The first-order valence-electron chi connectivity index (χ1n) is 8.21. The molecule has 1 fully saturated rings. The van der Waals surface area contributed by atoms with Gasteiger partial charge in [0, 0.05) is 71.6 Å². The number of hydrogen-bond donors (Lipinski definition) is 0. The Hall–Kier alpha value is -2.12. The van der Waals surface area contributed by atoms with Crippen molar-refractivity contribution in [2.75, 3.05) is 38.2 Å². The van der Waals surface area contributed by atoms with Gasteiger partial charge >= 0.3 is 0 Å². The Morgan fingerprint density at radius 3 is 2.92 bits per heavy atom. The fraction of sp³-hybridized carbons (Fsp3) is 0.529. The summed E-state index contributed by atoms with van der Waals surface area (Å²) in [5.41, 5.74) is 1.21. The van der Waals surface area contributed by atoms with Crippen LogP contribution in [-0.4, -0.2) is 58.4 Å². The van der Waals surface area contributed by atoms with E-state index in [9.17, 15) is 4.79 Å². The zero-order valence-electron chi connectivity index (χ0n) is 14.6. The summed E-state index contributed by atoms with van der Waals surface area (Å²) in [5, 5.41) is 0. The van der Waals surface area contributed by atoms with Gasteiger partial charge in [-0.25, -0.2) is 4.98 Å². The number of morpholine rings is 1. The summed E-state index contributed by atoms with van der Waals surface area (Å²) < 4.78 is 9.58. The van der Waals surface area contributed by atoms with Crippen molar-refractivity contribution in [2.24, 2.45) is 14.1 Å². The van der Waals surface area contributed by atoms with Crippen LogP contribution in [0.3, 0.4) is 0 Å². The molecular weight excluding hydrogens is 306 g/mol. The number of rotatable bonds is 5. The van der Waals surface area contributed by atoms with Crippen LogP contribution in [-0.2, 0) is 25.4 Å². The molecule has 3 rings (SSSR count). The largest absolute Gasteiger partial charge is 0.374 e. The molecule has 1 atom stereocenters. The number of aromatic nitrogens is 3. The standard InChI is InChI=1S/C17H25N5O2/c1-19-7-4-5-14(19)11-22-9-10-24-15(13-22)12-21(3)16-17(23)20(2)8-6-18-16/h4-8,15H,9-13H2,1-3H3/t15-/m0/s1. The molecule has 0 aliphatic carbocycles. The average Bonchev–Trinajstić information content (AvgIpc) is 2.95. The molecule has 0 saturated carbocycles. The highest BCUT2D eigenvalue weighted by atomic mass is 16.5. The molecule has 1 aliphatic heterocycles. The Morgan fingerprint density at radius 2 is 2.17 bits per heavy atom. The molecule has 24 heavy (non-hydrogen) atoms. The lowest BCUT2D eigenvalue weighted by atomic mass is 10.2. The third kappa shape index (κ3) is 3.68. The molecule has 7 nitrogen and oxygen atoms in total. The van der Waals surface area contributed by atoms with E-state index < -0.39 is 0 Å². The minimum Gasteiger partial charge on any atom is -0.374 e. The van der Waals surface area contributed by atoms with Crippen molar-refractivity contribution in [1.82, 2.24) is 19.0 Å². The lowest BCUT2D eigenvalue weighted by Crippen LogP contribution is -2.47. The van der Waals surface area contributed by atoms with E-state index in [-0.39, 0.29) is 11.7 Å². The van der Waals surface area contributed by atoms with E-state index in [2.05, 4.69) is 39.8 Å². The predicted molar refractivity (Wildman–Crippen MR) is 93.2 cm³/mol. The minimum absolute atomic E-state index is 0.0655. The molecule has 0 radical (unpaired) electrons.